The zero-order valence-electron chi connectivity index (χ0n) is 15.5. The molecule has 1 N–H and O–H groups in total. The van der Waals surface area contributed by atoms with Gasteiger partial charge < -0.3 is 19.5 Å². The lowest BCUT2D eigenvalue weighted by Gasteiger charge is -2.15. The number of methoxy groups -OCH3 is 1. The monoisotopic (exact) mass is 391 g/mol. The Morgan fingerprint density at radius 2 is 1.81 bits per heavy atom. The molecule has 0 spiro atoms. The van der Waals surface area contributed by atoms with Crippen molar-refractivity contribution in [3.05, 3.63) is 58.6 Å². The molecule has 0 saturated carbocycles. The van der Waals surface area contributed by atoms with Crippen molar-refractivity contribution in [1.82, 2.24) is 5.32 Å². The van der Waals surface area contributed by atoms with E-state index in [4.69, 9.17) is 25.8 Å². The van der Waals surface area contributed by atoms with Gasteiger partial charge in [-0.05, 0) is 49.7 Å². The van der Waals surface area contributed by atoms with Crippen molar-refractivity contribution in [3.63, 3.8) is 0 Å². The number of nitrogens with one attached hydrogen (secondary N) is 1. The summed E-state index contributed by atoms with van der Waals surface area (Å²) in [5.74, 6) is -0.0625. The molecule has 0 aromatic heterocycles. The van der Waals surface area contributed by atoms with Gasteiger partial charge in [-0.25, -0.2) is 4.79 Å². The number of carbonyl (C=O) groups is 2. The fourth-order valence-electron chi connectivity index (χ4n) is 2.40. The predicted molar refractivity (Wildman–Crippen MR) is 102 cm³/mol. The standard InChI is InChI=1S/C20H22ClNO5/c1-4-26-17-10-7-15(11-18(17)25-3)20(24)27-12-19(23)22-13(2)14-5-8-16(21)9-6-14/h5-11,13H,4,12H2,1-3H3,(H,22,23)/t13-/m1/s1. The van der Waals surface area contributed by atoms with E-state index in [2.05, 4.69) is 5.32 Å². The second-order valence-electron chi connectivity index (χ2n) is 5.72. The normalized spacial score (nSPS) is 11.4. The van der Waals surface area contributed by atoms with E-state index in [9.17, 15) is 9.59 Å². The molecule has 0 radical (unpaired) electrons. The minimum absolute atomic E-state index is 0.237. The van der Waals surface area contributed by atoms with Crippen LogP contribution >= 0.6 is 11.6 Å². The first kappa shape index (κ1) is 20.6. The summed E-state index contributed by atoms with van der Waals surface area (Å²) in [5.41, 5.74) is 1.17. The summed E-state index contributed by atoms with van der Waals surface area (Å²) in [4.78, 5) is 24.2. The molecule has 0 unspecified atom stereocenters. The highest BCUT2D eigenvalue weighted by Gasteiger charge is 2.15. The molecular formula is C20H22ClNO5. The lowest BCUT2D eigenvalue weighted by atomic mass is 10.1. The number of carbonyl (C=O) groups excluding carboxylic acids is 2. The van der Waals surface area contributed by atoms with Crippen molar-refractivity contribution in [2.45, 2.75) is 19.9 Å². The van der Waals surface area contributed by atoms with Crippen molar-refractivity contribution in [3.8, 4) is 11.5 Å². The highest BCUT2D eigenvalue weighted by Crippen LogP contribution is 2.28. The summed E-state index contributed by atoms with van der Waals surface area (Å²) in [6.45, 7) is 3.78. The minimum atomic E-state index is -0.620. The van der Waals surface area contributed by atoms with Crippen LogP contribution in [0, 0.1) is 0 Å². The average molecular weight is 392 g/mol. The first-order valence-electron chi connectivity index (χ1n) is 8.47. The number of hydrogen-bond donors (Lipinski definition) is 1. The number of esters is 1. The Labute approximate surface area is 163 Å². The highest BCUT2D eigenvalue weighted by atomic mass is 35.5. The topological polar surface area (TPSA) is 73.9 Å². The van der Waals surface area contributed by atoms with Crippen molar-refractivity contribution in [2.75, 3.05) is 20.3 Å². The summed E-state index contributed by atoms with van der Waals surface area (Å²) in [7, 11) is 1.48. The van der Waals surface area contributed by atoms with Crippen LogP contribution in [0.5, 0.6) is 11.5 Å². The molecule has 7 heteroatoms. The molecule has 2 rings (SSSR count). The molecule has 6 nitrogen and oxygen atoms in total. The van der Waals surface area contributed by atoms with E-state index < -0.39 is 11.9 Å². The van der Waals surface area contributed by atoms with Crippen molar-refractivity contribution >= 4 is 23.5 Å². The van der Waals surface area contributed by atoms with Gasteiger partial charge in [0.05, 0.1) is 25.3 Å². The summed E-state index contributed by atoms with van der Waals surface area (Å²) in [6, 6.07) is 11.6. The Kier molecular flexibility index (Phi) is 7.49. The van der Waals surface area contributed by atoms with E-state index in [1.54, 1.807) is 24.3 Å². The molecule has 1 atom stereocenters. The first-order valence-corrected chi connectivity index (χ1v) is 8.85. The van der Waals surface area contributed by atoms with Gasteiger partial charge in [0.15, 0.2) is 18.1 Å². The number of hydrogen-bond acceptors (Lipinski definition) is 5. The molecule has 0 fully saturated rings. The van der Waals surface area contributed by atoms with Gasteiger partial charge >= 0.3 is 5.97 Å². The third-order valence-corrected chi connectivity index (χ3v) is 4.03. The van der Waals surface area contributed by atoms with Crippen LogP contribution in [0.3, 0.4) is 0 Å². The van der Waals surface area contributed by atoms with Gasteiger partial charge in [-0.2, -0.15) is 0 Å². The molecular weight excluding hydrogens is 370 g/mol. The molecule has 0 bridgehead atoms. The Balaban J connectivity index is 1.90. The predicted octanol–water partition coefficient (Wildman–Crippen LogP) is 3.78. The number of ether oxygens (including phenoxy) is 3. The Morgan fingerprint density at radius 1 is 1.11 bits per heavy atom. The van der Waals surface area contributed by atoms with Gasteiger partial charge in [-0.3, -0.25) is 4.79 Å². The lowest BCUT2D eigenvalue weighted by Crippen LogP contribution is -2.31. The highest BCUT2D eigenvalue weighted by molar-refractivity contribution is 6.30. The second kappa shape index (κ2) is 9.83. The number of benzene rings is 2. The molecule has 2 aromatic carbocycles. The van der Waals surface area contributed by atoms with Gasteiger partial charge in [0, 0.05) is 5.02 Å². The fourth-order valence-corrected chi connectivity index (χ4v) is 2.53. The molecule has 0 aliphatic carbocycles. The van der Waals surface area contributed by atoms with Crippen molar-refractivity contribution in [2.24, 2.45) is 0 Å². The molecule has 0 heterocycles. The van der Waals surface area contributed by atoms with Gasteiger partial charge in [0.25, 0.3) is 5.91 Å². The minimum Gasteiger partial charge on any atom is -0.493 e. The van der Waals surface area contributed by atoms with E-state index in [1.165, 1.54) is 13.2 Å². The molecule has 0 saturated heterocycles. The average Bonchev–Trinajstić information content (AvgIpc) is 2.67. The molecule has 27 heavy (non-hydrogen) atoms. The van der Waals surface area contributed by atoms with E-state index in [0.717, 1.165) is 5.56 Å². The number of halogens is 1. The number of amides is 1. The lowest BCUT2D eigenvalue weighted by molar-refractivity contribution is -0.124. The second-order valence-corrected chi connectivity index (χ2v) is 6.15. The first-order chi connectivity index (χ1) is 12.9. The van der Waals surface area contributed by atoms with Crippen LogP contribution in [-0.2, 0) is 9.53 Å². The van der Waals surface area contributed by atoms with E-state index in [-0.39, 0.29) is 18.2 Å². The van der Waals surface area contributed by atoms with Crippen LogP contribution in [0.2, 0.25) is 5.02 Å². The van der Waals surface area contributed by atoms with E-state index in [0.29, 0.717) is 23.1 Å². The molecule has 1 amide bonds. The van der Waals surface area contributed by atoms with Gasteiger partial charge in [-0.1, -0.05) is 23.7 Å². The van der Waals surface area contributed by atoms with E-state index >= 15 is 0 Å². The molecule has 0 aliphatic rings. The maximum atomic E-state index is 12.2. The Bertz CT molecular complexity index is 791. The van der Waals surface area contributed by atoms with E-state index in [1.807, 2.05) is 26.0 Å². The van der Waals surface area contributed by atoms with Gasteiger partial charge in [0.1, 0.15) is 0 Å². The third kappa shape index (κ3) is 5.89. The van der Waals surface area contributed by atoms with Crippen LogP contribution in [0.1, 0.15) is 35.8 Å². The van der Waals surface area contributed by atoms with Crippen LogP contribution < -0.4 is 14.8 Å². The van der Waals surface area contributed by atoms with Crippen LogP contribution in [0.15, 0.2) is 42.5 Å². The van der Waals surface area contributed by atoms with Gasteiger partial charge in [0.2, 0.25) is 0 Å². The fraction of sp³-hybridized carbons (Fsp3) is 0.300. The summed E-state index contributed by atoms with van der Waals surface area (Å²) < 4.78 is 15.7. The van der Waals surface area contributed by atoms with Crippen LogP contribution in [0.25, 0.3) is 0 Å². The summed E-state index contributed by atoms with van der Waals surface area (Å²) in [5, 5.41) is 3.39. The SMILES string of the molecule is CCOc1ccc(C(=O)OCC(=O)N[C@H](C)c2ccc(Cl)cc2)cc1OC. The zero-order chi connectivity index (χ0) is 19.8. The van der Waals surface area contributed by atoms with Crippen molar-refractivity contribution < 1.29 is 23.8 Å². The number of rotatable bonds is 8. The third-order valence-electron chi connectivity index (χ3n) is 3.78. The zero-order valence-corrected chi connectivity index (χ0v) is 16.2. The summed E-state index contributed by atoms with van der Waals surface area (Å²) in [6.07, 6.45) is 0. The molecule has 144 valence electrons. The molecule has 2 aromatic rings. The molecule has 0 aliphatic heterocycles. The summed E-state index contributed by atoms with van der Waals surface area (Å²) >= 11 is 5.85. The van der Waals surface area contributed by atoms with Crippen LogP contribution in [-0.4, -0.2) is 32.2 Å². The maximum absolute atomic E-state index is 12.2. The Morgan fingerprint density at radius 3 is 2.44 bits per heavy atom. The van der Waals surface area contributed by atoms with Crippen LogP contribution in [0.4, 0.5) is 0 Å². The van der Waals surface area contributed by atoms with Crippen molar-refractivity contribution in [1.29, 1.82) is 0 Å². The Hall–Kier alpha value is -2.73. The quantitative estimate of drug-likeness (QED) is 0.693. The largest absolute Gasteiger partial charge is 0.493 e. The maximum Gasteiger partial charge on any atom is 0.338 e. The van der Waals surface area contributed by atoms with Gasteiger partial charge in [-0.15, -0.1) is 0 Å². The smallest absolute Gasteiger partial charge is 0.338 e.